The molecule has 26 heavy (non-hydrogen) atoms. The van der Waals surface area contributed by atoms with Crippen LogP contribution < -0.4 is 5.32 Å². The minimum Gasteiger partial charge on any atom is -0.358 e. The molecule has 0 unspecified atom stereocenters. The van der Waals surface area contributed by atoms with Crippen LogP contribution in [-0.4, -0.2) is 29.5 Å². The number of benzene rings is 1. The van der Waals surface area contributed by atoms with Crippen molar-refractivity contribution in [2.45, 2.75) is 32.5 Å². The summed E-state index contributed by atoms with van der Waals surface area (Å²) in [6.07, 6.45) is -1.16. The minimum atomic E-state index is -4.45. The molecule has 0 amide bonds. The van der Waals surface area contributed by atoms with Crippen molar-refractivity contribution in [3.63, 3.8) is 0 Å². The Kier molecular flexibility index (Phi) is 7.66. The molecule has 1 aromatic carbocycles. The normalized spacial score (nSPS) is 11.7. The highest BCUT2D eigenvalue weighted by Crippen LogP contribution is 2.36. The van der Waals surface area contributed by atoms with Crippen molar-refractivity contribution in [3.8, 4) is 0 Å². The van der Waals surface area contributed by atoms with Gasteiger partial charge in [-0.05, 0) is 24.9 Å². The van der Waals surface area contributed by atoms with E-state index in [1.165, 1.54) is 5.56 Å². The van der Waals surface area contributed by atoms with E-state index in [1.807, 2.05) is 37.3 Å². The molecule has 1 N–H and O–H groups in total. The summed E-state index contributed by atoms with van der Waals surface area (Å²) in [4.78, 5) is 6.08. The number of hydrogen-bond acceptors (Lipinski definition) is 4. The Balaban J connectivity index is 2.12. The predicted molar refractivity (Wildman–Crippen MR) is 102 cm³/mol. The first kappa shape index (κ1) is 20.5. The number of aromatic nitrogens is 1. The van der Waals surface area contributed by atoms with Gasteiger partial charge in [-0.3, -0.25) is 4.90 Å². The summed E-state index contributed by atoms with van der Waals surface area (Å²) in [7, 11) is 0. The molecule has 3 nitrogen and oxygen atoms in total. The first-order chi connectivity index (χ1) is 12.4. The van der Waals surface area contributed by atoms with E-state index in [2.05, 4.69) is 21.8 Å². The fourth-order valence-electron chi connectivity index (χ4n) is 2.64. The molecule has 142 valence electrons. The van der Waals surface area contributed by atoms with E-state index in [1.54, 1.807) is 6.08 Å². The van der Waals surface area contributed by atoms with Gasteiger partial charge in [-0.1, -0.05) is 43.3 Å². The van der Waals surface area contributed by atoms with Gasteiger partial charge in [0.2, 0.25) is 0 Å². The van der Waals surface area contributed by atoms with Gasteiger partial charge in [-0.25, -0.2) is 4.98 Å². The Bertz CT molecular complexity index is 683. The molecule has 0 fully saturated rings. The number of alkyl halides is 3. The largest absolute Gasteiger partial charge is 0.434 e. The van der Waals surface area contributed by atoms with Crippen molar-refractivity contribution in [1.82, 2.24) is 9.88 Å². The number of thiazole rings is 1. The van der Waals surface area contributed by atoms with Crippen molar-refractivity contribution in [2.24, 2.45) is 0 Å². The Hall–Kier alpha value is -1.86. The summed E-state index contributed by atoms with van der Waals surface area (Å²) in [5.74, 6) is 0. The molecule has 7 heteroatoms. The molecule has 0 aliphatic rings. The molecule has 0 bridgehead atoms. The molecule has 2 rings (SSSR count). The van der Waals surface area contributed by atoms with E-state index in [0.29, 0.717) is 13.1 Å². The number of nitrogens with zero attached hydrogens (tertiary/aromatic N) is 2. The van der Waals surface area contributed by atoms with Crippen LogP contribution >= 0.6 is 11.3 Å². The van der Waals surface area contributed by atoms with Gasteiger partial charge in [-0.2, -0.15) is 13.2 Å². The van der Waals surface area contributed by atoms with Crippen molar-refractivity contribution in [2.75, 3.05) is 25.0 Å². The summed E-state index contributed by atoms with van der Waals surface area (Å²) in [5.41, 5.74) is 0.400. The van der Waals surface area contributed by atoms with Crippen LogP contribution in [0.5, 0.6) is 0 Å². The summed E-state index contributed by atoms with van der Waals surface area (Å²) in [6, 6.07) is 9.98. The van der Waals surface area contributed by atoms with Crippen LogP contribution in [0.4, 0.5) is 18.3 Å². The van der Waals surface area contributed by atoms with Crippen molar-refractivity contribution < 1.29 is 13.2 Å². The molecule has 0 aliphatic carbocycles. The fraction of sp³-hybridized carbons (Fsp3) is 0.421. The fourth-order valence-corrected chi connectivity index (χ4v) is 3.67. The average molecular weight is 383 g/mol. The van der Waals surface area contributed by atoms with Crippen molar-refractivity contribution >= 4 is 16.5 Å². The SMILES string of the molecule is C=CCNc1nc(C(F)(F)F)c(CN(CCC)CCc2ccccc2)s1. The molecule has 0 atom stereocenters. The minimum absolute atomic E-state index is 0.253. The highest BCUT2D eigenvalue weighted by molar-refractivity contribution is 7.15. The maximum Gasteiger partial charge on any atom is 0.434 e. The molecule has 2 aromatic rings. The highest BCUT2D eigenvalue weighted by atomic mass is 32.1. The maximum absolute atomic E-state index is 13.3. The van der Waals surface area contributed by atoms with Gasteiger partial charge in [-0.15, -0.1) is 17.9 Å². The Morgan fingerprint density at radius 3 is 2.58 bits per heavy atom. The topological polar surface area (TPSA) is 28.2 Å². The number of rotatable bonds is 10. The Labute approximate surface area is 156 Å². The lowest BCUT2D eigenvalue weighted by Crippen LogP contribution is -2.27. The molecule has 0 radical (unpaired) electrons. The third kappa shape index (κ3) is 6.14. The summed E-state index contributed by atoms with van der Waals surface area (Å²) < 4.78 is 40.0. The van der Waals surface area contributed by atoms with Crippen LogP contribution in [0.15, 0.2) is 43.0 Å². The number of nitrogens with one attached hydrogen (secondary N) is 1. The molecule has 0 aliphatic heterocycles. The average Bonchev–Trinajstić information content (AvgIpc) is 3.02. The molecular formula is C19H24F3N3S. The molecule has 1 heterocycles. The van der Waals surface area contributed by atoms with Crippen LogP contribution in [0.1, 0.15) is 29.5 Å². The first-order valence-electron chi connectivity index (χ1n) is 8.62. The lowest BCUT2D eigenvalue weighted by molar-refractivity contribution is -0.141. The van der Waals surface area contributed by atoms with Gasteiger partial charge in [0.15, 0.2) is 10.8 Å². The lowest BCUT2D eigenvalue weighted by atomic mass is 10.1. The second kappa shape index (κ2) is 9.73. The Morgan fingerprint density at radius 2 is 1.96 bits per heavy atom. The van der Waals surface area contributed by atoms with Crippen LogP contribution in [0.25, 0.3) is 0 Å². The third-order valence-electron chi connectivity index (χ3n) is 3.83. The van der Waals surface area contributed by atoms with Crippen molar-refractivity contribution in [3.05, 3.63) is 59.1 Å². The highest BCUT2D eigenvalue weighted by Gasteiger charge is 2.37. The van der Waals surface area contributed by atoms with Gasteiger partial charge in [0.1, 0.15) is 0 Å². The smallest absolute Gasteiger partial charge is 0.358 e. The zero-order valence-corrected chi connectivity index (χ0v) is 15.7. The van der Waals surface area contributed by atoms with Crippen LogP contribution in [0, 0.1) is 0 Å². The second-order valence-electron chi connectivity index (χ2n) is 5.97. The third-order valence-corrected chi connectivity index (χ3v) is 4.83. The van der Waals surface area contributed by atoms with E-state index in [9.17, 15) is 13.2 Å². The van der Waals surface area contributed by atoms with E-state index >= 15 is 0 Å². The first-order valence-corrected chi connectivity index (χ1v) is 9.43. The predicted octanol–water partition coefficient (Wildman–Crippen LogP) is 5.21. The monoisotopic (exact) mass is 383 g/mol. The van der Waals surface area contributed by atoms with Gasteiger partial charge in [0, 0.05) is 19.6 Å². The van der Waals surface area contributed by atoms with Crippen molar-refractivity contribution in [1.29, 1.82) is 0 Å². The summed E-state index contributed by atoms with van der Waals surface area (Å²) in [6.45, 7) is 7.69. The lowest BCUT2D eigenvalue weighted by Gasteiger charge is -2.21. The van der Waals surface area contributed by atoms with Gasteiger partial charge >= 0.3 is 6.18 Å². The van der Waals surface area contributed by atoms with Gasteiger partial charge < -0.3 is 5.32 Å². The van der Waals surface area contributed by atoms with E-state index < -0.39 is 11.9 Å². The maximum atomic E-state index is 13.3. The van der Waals surface area contributed by atoms with Gasteiger partial charge in [0.25, 0.3) is 0 Å². The molecule has 0 saturated heterocycles. The number of anilines is 1. The molecule has 0 saturated carbocycles. The van der Waals surface area contributed by atoms with E-state index in [-0.39, 0.29) is 16.6 Å². The van der Waals surface area contributed by atoms with E-state index in [4.69, 9.17) is 0 Å². The van der Waals surface area contributed by atoms with Crippen LogP contribution in [-0.2, 0) is 19.1 Å². The zero-order chi connectivity index (χ0) is 19.0. The number of halogens is 3. The molecular weight excluding hydrogens is 359 g/mol. The number of hydrogen-bond donors (Lipinski definition) is 1. The van der Waals surface area contributed by atoms with Crippen LogP contribution in [0.3, 0.4) is 0 Å². The van der Waals surface area contributed by atoms with Crippen LogP contribution in [0.2, 0.25) is 0 Å². The standard InChI is InChI=1S/C19H24F3N3S/c1-3-11-23-18-24-17(19(20,21)22)16(26-18)14-25(12-4-2)13-10-15-8-6-5-7-9-15/h3,5-9H,1,4,10-14H2,2H3,(H,23,24). The second-order valence-corrected chi connectivity index (χ2v) is 7.05. The molecule has 0 spiro atoms. The molecule has 1 aromatic heterocycles. The van der Waals surface area contributed by atoms with E-state index in [0.717, 1.165) is 30.7 Å². The quantitative estimate of drug-likeness (QED) is 0.571. The Morgan fingerprint density at radius 1 is 1.23 bits per heavy atom. The summed E-state index contributed by atoms with van der Waals surface area (Å²) >= 11 is 1.07. The van der Waals surface area contributed by atoms with Gasteiger partial charge in [0.05, 0.1) is 4.88 Å². The zero-order valence-electron chi connectivity index (χ0n) is 14.9. The summed E-state index contributed by atoms with van der Waals surface area (Å²) in [5, 5.41) is 3.15.